The minimum absolute atomic E-state index is 0.459. The molecule has 0 aromatic carbocycles. The number of H-pyrrole nitrogens is 1. The molecule has 11 heteroatoms. The minimum atomic E-state index is -5.08. The van der Waals surface area contributed by atoms with Gasteiger partial charge in [0.2, 0.25) is 0 Å². The molecule has 1 aliphatic carbocycles. The van der Waals surface area contributed by atoms with Crippen molar-refractivity contribution in [3.63, 3.8) is 0 Å². The highest BCUT2D eigenvalue weighted by Gasteiger charge is 2.38. The van der Waals surface area contributed by atoms with Crippen molar-refractivity contribution in [2.24, 2.45) is 5.92 Å². The van der Waals surface area contributed by atoms with Crippen molar-refractivity contribution in [2.75, 3.05) is 0 Å². The van der Waals surface area contributed by atoms with Crippen molar-refractivity contribution in [3.8, 4) is 17.3 Å². The SMILES string of the molecule is N#CCC[C@H]1CC[C@@H](n2cc(-c3ncnc4[nH]ccc34)cn2)CC1.O=C(O)C(F)(F)F. The first-order chi connectivity index (χ1) is 14.8. The van der Waals surface area contributed by atoms with E-state index < -0.39 is 12.1 Å². The summed E-state index contributed by atoms with van der Waals surface area (Å²) in [6, 6.07) is 4.72. The molecule has 3 aromatic heterocycles. The van der Waals surface area contributed by atoms with Crippen LogP contribution in [0, 0.1) is 17.2 Å². The zero-order valence-corrected chi connectivity index (χ0v) is 16.5. The fourth-order valence-electron chi connectivity index (χ4n) is 3.73. The molecular weight excluding hydrogens is 413 g/mol. The zero-order chi connectivity index (χ0) is 22.4. The Morgan fingerprint density at radius 3 is 2.65 bits per heavy atom. The molecule has 0 radical (unpaired) electrons. The first-order valence-electron chi connectivity index (χ1n) is 9.79. The van der Waals surface area contributed by atoms with Gasteiger partial charge in [-0.2, -0.15) is 23.5 Å². The summed E-state index contributed by atoms with van der Waals surface area (Å²) in [4.78, 5) is 20.7. The molecule has 31 heavy (non-hydrogen) atoms. The summed E-state index contributed by atoms with van der Waals surface area (Å²) < 4.78 is 33.8. The monoisotopic (exact) mass is 434 g/mol. The lowest BCUT2D eigenvalue weighted by Crippen LogP contribution is -2.21. The predicted octanol–water partition coefficient (Wildman–Crippen LogP) is 4.49. The molecule has 0 saturated heterocycles. The first kappa shape index (κ1) is 22.3. The number of fused-ring (bicyclic) bond motifs is 1. The molecule has 8 nitrogen and oxygen atoms in total. The average molecular weight is 434 g/mol. The van der Waals surface area contributed by atoms with Crippen LogP contribution in [0.15, 0.2) is 31.0 Å². The number of carboxylic acids is 1. The Bertz CT molecular complexity index is 1060. The average Bonchev–Trinajstić information content (AvgIpc) is 3.42. The topological polar surface area (TPSA) is 120 Å². The van der Waals surface area contributed by atoms with E-state index in [1.165, 1.54) is 12.8 Å². The standard InChI is InChI=1S/C18H20N6.C2HF3O2/c19-8-1-2-13-3-5-15(6-4-13)24-11-14(10-23-24)17-16-7-9-20-18(16)22-12-21-17;3-2(4,5)1(6)7/h7,9-13,15H,1-6H2,(H,20,21,22);(H,6,7)/t13-,15+;. The maximum Gasteiger partial charge on any atom is 0.490 e. The summed E-state index contributed by atoms with van der Waals surface area (Å²) in [5.41, 5.74) is 2.81. The number of halogens is 3. The van der Waals surface area contributed by atoms with Gasteiger partial charge in [-0.1, -0.05) is 0 Å². The first-order valence-corrected chi connectivity index (χ1v) is 9.79. The van der Waals surface area contributed by atoms with E-state index in [1.807, 2.05) is 18.5 Å². The van der Waals surface area contributed by atoms with E-state index in [2.05, 4.69) is 37.0 Å². The molecule has 1 aliphatic rings. The third-order valence-electron chi connectivity index (χ3n) is 5.33. The summed E-state index contributed by atoms with van der Waals surface area (Å²) in [6.07, 6.45) is 8.78. The second-order valence-electron chi connectivity index (χ2n) is 7.35. The van der Waals surface area contributed by atoms with Gasteiger partial charge in [0.25, 0.3) is 0 Å². The number of nitrogens with one attached hydrogen (secondary N) is 1. The van der Waals surface area contributed by atoms with E-state index in [9.17, 15) is 13.2 Å². The maximum absolute atomic E-state index is 10.6. The van der Waals surface area contributed by atoms with Gasteiger partial charge in [0, 0.05) is 29.8 Å². The van der Waals surface area contributed by atoms with Crippen LogP contribution in [-0.4, -0.2) is 42.0 Å². The molecule has 0 unspecified atom stereocenters. The van der Waals surface area contributed by atoms with Crippen LogP contribution in [0.2, 0.25) is 0 Å². The smallest absolute Gasteiger partial charge is 0.475 e. The molecule has 0 bridgehead atoms. The Kier molecular flexibility index (Phi) is 6.89. The highest BCUT2D eigenvalue weighted by Crippen LogP contribution is 2.35. The summed E-state index contributed by atoms with van der Waals surface area (Å²) in [7, 11) is 0. The van der Waals surface area contributed by atoms with E-state index in [-0.39, 0.29) is 0 Å². The van der Waals surface area contributed by atoms with Crippen LogP contribution >= 0.6 is 0 Å². The number of aromatic nitrogens is 5. The fraction of sp³-hybridized carbons (Fsp3) is 0.450. The molecular formula is C20H21F3N6O2. The molecule has 4 rings (SSSR count). The summed E-state index contributed by atoms with van der Waals surface area (Å²) in [6.45, 7) is 0. The lowest BCUT2D eigenvalue weighted by atomic mass is 9.83. The molecule has 0 spiro atoms. The van der Waals surface area contributed by atoms with Gasteiger partial charge >= 0.3 is 12.1 Å². The summed E-state index contributed by atoms with van der Waals surface area (Å²) in [5.74, 6) is -2.05. The Morgan fingerprint density at radius 2 is 2.00 bits per heavy atom. The Balaban J connectivity index is 0.000000339. The minimum Gasteiger partial charge on any atom is -0.475 e. The zero-order valence-electron chi connectivity index (χ0n) is 16.5. The van der Waals surface area contributed by atoms with Gasteiger partial charge in [0.15, 0.2) is 0 Å². The second kappa shape index (κ2) is 9.59. The lowest BCUT2D eigenvalue weighted by Gasteiger charge is -2.28. The van der Waals surface area contributed by atoms with Gasteiger partial charge in [-0.3, -0.25) is 4.68 Å². The Labute approximate surface area is 175 Å². The van der Waals surface area contributed by atoms with Gasteiger partial charge < -0.3 is 10.1 Å². The maximum atomic E-state index is 10.6. The highest BCUT2D eigenvalue weighted by atomic mass is 19.4. The molecule has 0 atom stereocenters. The number of carboxylic acid groups (broad SMARTS) is 1. The van der Waals surface area contributed by atoms with E-state index in [1.54, 1.807) is 6.33 Å². The van der Waals surface area contributed by atoms with Gasteiger partial charge in [0.05, 0.1) is 24.0 Å². The number of carbonyl (C=O) groups is 1. The van der Waals surface area contributed by atoms with Crippen LogP contribution in [0.5, 0.6) is 0 Å². The molecule has 0 aliphatic heterocycles. The lowest BCUT2D eigenvalue weighted by molar-refractivity contribution is -0.192. The van der Waals surface area contributed by atoms with Gasteiger partial charge in [-0.25, -0.2) is 14.8 Å². The largest absolute Gasteiger partial charge is 0.490 e. The van der Waals surface area contributed by atoms with E-state index >= 15 is 0 Å². The van der Waals surface area contributed by atoms with Gasteiger partial charge in [0.1, 0.15) is 12.0 Å². The van der Waals surface area contributed by atoms with Crippen LogP contribution in [0.25, 0.3) is 22.3 Å². The molecule has 1 fully saturated rings. The molecule has 164 valence electrons. The van der Waals surface area contributed by atoms with Crippen molar-refractivity contribution in [2.45, 2.75) is 50.7 Å². The quantitative estimate of drug-likeness (QED) is 0.624. The molecule has 3 heterocycles. The number of aromatic amines is 1. The van der Waals surface area contributed by atoms with Crippen LogP contribution in [0.3, 0.4) is 0 Å². The molecule has 1 saturated carbocycles. The molecule has 3 aromatic rings. The number of hydrogen-bond donors (Lipinski definition) is 2. The fourth-order valence-corrected chi connectivity index (χ4v) is 3.73. The second-order valence-corrected chi connectivity index (χ2v) is 7.35. The van der Waals surface area contributed by atoms with Crippen LogP contribution in [0.1, 0.15) is 44.6 Å². The van der Waals surface area contributed by atoms with Gasteiger partial charge in [-0.15, -0.1) is 0 Å². The third kappa shape index (κ3) is 5.59. The van der Waals surface area contributed by atoms with Crippen molar-refractivity contribution in [1.82, 2.24) is 24.7 Å². The third-order valence-corrected chi connectivity index (χ3v) is 5.33. The predicted molar refractivity (Wildman–Crippen MR) is 105 cm³/mol. The number of nitrogens with zero attached hydrogens (tertiary/aromatic N) is 5. The highest BCUT2D eigenvalue weighted by molar-refractivity contribution is 5.89. The number of hydrogen-bond acceptors (Lipinski definition) is 5. The number of nitriles is 1. The summed E-state index contributed by atoms with van der Waals surface area (Å²) in [5, 5.41) is 21.5. The molecule has 2 N–H and O–H groups in total. The van der Waals surface area contributed by atoms with E-state index in [0.717, 1.165) is 41.6 Å². The van der Waals surface area contributed by atoms with E-state index in [4.69, 9.17) is 15.2 Å². The summed E-state index contributed by atoms with van der Waals surface area (Å²) >= 11 is 0. The van der Waals surface area contributed by atoms with E-state index in [0.29, 0.717) is 18.4 Å². The number of rotatable bonds is 4. The number of aliphatic carboxylic acids is 1. The van der Waals surface area contributed by atoms with Crippen molar-refractivity contribution >= 4 is 17.0 Å². The molecule has 0 amide bonds. The Morgan fingerprint density at radius 1 is 1.29 bits per heavy atom. The van der Waals surface area contributed by atoms with Crippen LogP contribution < -0.4 is 0 Å². The van der Waals surface area contributed by atoms with Gasteiger partial charge in [-0.05, 0) is 44.1 Å². The van der Waals surface area contributed by atoms with Crippen LogP contribution in [-0.2, 0) is 4.79 Å². The number of alkyl halides is 3. The van der Waals surface area contributed by atoms with Crippen molar-refractivity contribution in [1.29, 1.82) is 5.26 Å². The van der Waals surface area contributed by atoms with Crippen LogP contribution in [0.4, 0.5) is 13.2 Å². The van der Waals surface area contributed by atoms with Crippen molar-refractivity contribution in [3.05, 3.63) is 31.0 Å². The normalized spacial score (nSPS) is 18.8. The van der Waals surface area contributed by atoms with Crippen molar-refractivity contribution < 1.29 is 23.1 Å². The Hall–Kier alpha value is -3.42.